The first-order valence-corrected chi connectivity index (χ1v) is 42.4. The number of hydrogen-bond acceptors (Lipinski definition) is 15. The topological polar surface area (TPSA) is 237 Å². The number of rotatable bonds is 72. The Hall–Kier alpha value is -5.58. The number of phosphoric ester groups is 2. The van der Waals surface area contributed by atoms with E-state index in [2.05, 4.69) is 180 Å². The van der Waals surface area contributed by atoms with E-state index in [9.17, 15) is 43.2 Å². The Balaban J connectivity index is 5.44. The molecule has 0 aromatic carbocycles. The molecule has 3 N–H and O–H groups in total. The molecule has 5 atom stereocenters. The first-order chi connectivity index (χ1) is 50.7. The van der Waals surface area contributed by atoms with Crippen LogP contribution in [0.5, 0.6) is 0 Å². The molecule has 0 saturated heterocycles. The number of aliphatic hydroxyl groups excluding tert-OH is 1. The van der Waals surface area contributed by atoms with Gasteiger partial charge in [0.1, 0.15) is 19.3 Å². The minimum atomic E-state index is -5.01. The standard InChI is InChI=1S/C85H138O17P2/c1-5-9-13-17-21-25-29-32-35-37-39-41-44-46-50-53-57-61-65-69-82(87)95-75-80(101-84(89)71-67-63-59-55-49-28-24-20-16-12-8-4)77-99-103(91,92)97-73-79(86)74-98-104(93,94)100-78-81(102-85(90)72-68-64-60-56-52-48-43-34-31-27-23-19-15-11-7-3)76-96-83(88)70-66-62-58-54-51-47-45-42-40-38-36-33-30-26-22-18-14-10-6-2/h9-10,13-14,20-27,32-36,39-43,46-47,50-51,58,62,79-81,86H,5-8,11-12,15-19,28-31,37-38,44-45,48-49,52-57,59-61,63-78H2,1-4H3,(H,91,92)(H,93,94)/b13-9-,14-10-,24-20-,25-21-,26-22-,27-23-,35-32-,36-33-,41-39-,42-40-,43-34-,50-46-,51-47-,62-58-. The summed E-state index contributed by atoms with van der Waals surface area (Å²) in [6.45, 7) is 4.41. The number of carbonyl (C=O) groups is 4. The van der Waals surface area contributed by atoms with Crippen LogP contribution in [-0.2, 0) is 65.4 Å². The largest absolute Gasteiger partial charge is 0.472 e. The van der Waals surface area contributed by atoms with E-state index in [1.807, 2.05) is 18.2 Å². The van der Waals surface area contributed by atoms with Gasteiger partial charge in [-0.1, -0.05) is 268 Å². The number of phosphoric acid groups is 2. The van der Waals surface area contributed by atoms with Gasteiger partial charge in [-0.25, -0.2) is 9.13 Å². The normalized spacial score (nSPS) is 14.8. The van der Waals surface area contributed by atoms with E-state index < -0.39 is 97.5 Å². The maximum Gasteiger partial charge on any atom is 0.472 e. The quantitative estimate of drug-likeness (QED) is 0.0169. The van der Waals surface area contributed by atoms with Crippen molar-refractivity contribution in [1.82, 2.24) is 0 Å². The molecule has 5 unspecified atom stereocenters. The zero-order chi connectivity index (χ0) is 76.0. The van der Waals surface area contributed by atoms with E-state index in [0.29, 0.717) is 32.1 Å². The third-order valence-corrected chi connectivity index (χ3v) is 17.6. The summed E-state index contributed by atoms with van der Waals surface area (Å²) in [5.41, 5.74) is 0. The van der Waals surface area contributed by atoms with E-state index >= 15 is 0 Å². The molecule has 17 nitrogen and oxygen atoms in total. The summed E-state index contributed by atoms with van der Waals surface area (Å²) in [4.78, 5) is 72.9. The van der Waals surface area contributed by atoms with Crippen molar-refractivity contribution in [1.29, 1.82) is 0 Å². The van der Waals surface area contributed by atoms with Gasteiger partial charge >= 0.3 is 39.5 Å². The first-order valence-electron chi connectivity index (χ1n) is 39.4. The van der Waals surface area contributed by atoms with Crippen LogP contribution >= 0.6 is 15.6 Å². The van der Waals surface area contributed by atoms with Crippen LogP contribution in [0.15, 0.2) is 170 Å². The summed E-state index contributed by atoms with van der Waals surface area (Å²) in [5, 5.41) is 10.6. The van der Waals surface area contributed by atoms with Gasteiger partial charge in [0.25, 0.3) is 0 Å². The summed E-state index contributed by atoms with van der Waals surface area (Å²) in [7, 11) is -10.0. The van der Waals surface area contributed by atoms with E-state index in [1.54, 1.807) is 0 Å². The van der Waals surface area contributed by atoms with Crippen LogP contribution in [0.4, 0.5) is 0 Å². The highest BCUT2D eigenvalue weighted by molar-refractivity contribution is 7.47. The molecule has 0 aromatic heterocycles. The number of esters is 4. The lowest BCUT2D eigenvalue weighted by Crippen LogP contribution is -2.30. The fraction of sp³-hybridized carbons (Fsp3) is 0.624. The Bertz CT molecular complexity index is 2640. The van der Waals surface area contributed by atoms with Gasteiger partial charge in [-0.05, 0) is 161 Å². The van der Waals surface area contributed by atoms with Crippen LogP contribution in [0.2, 0.25) is 0 Å². The van der Waals surface area contributed by atoms with Crippen LogP contribution in [0.25, 0.3) is 0 Å². The van der Waals surface area contributed by atoms with Crippen molar-refractivity contribution < 1.29 is 80.2 Å². The zero-order valence-corrected chi connectivity index (χ0v) is 66.2. The van der Waals surface area contributed by atoms with Gasteiger partial charge < -0.3 is 33.8 Å². The maximum atomic E-state index is 13.1. The molecule has 0 bridgehead atoms. The highest BCUT2D eigenvalue weighted by atomic mass is 31.2. The van der Waals surface area contributed by atoms with Gasteiger partial charge in [0.2, 0.25) is 0 Å². The van der Waals surface area contributed by atoms with Crippen molar-refractivity contribution in [3.05, 3.63) is 170 Å². The molecule has 0 aliphatic rings. The Kier molecular flexibility index (Phi) is 71.6. The molecule has 0 radical (unpaired) electrons. The fourth-order valence-corrected chi connectivity index (χ4v) is 11.3. The summed E-state index contributed by atoms with van der Waals surface area (Å²) >= 11 is 0. The molecular formula is C85H138O17P2. The summed E-state index contributed by atoms with van der Waals surface area (Å²) in [6, 6.07) is 0. The zero-order valence-electron chi connectivity index (χ0n) is 64.4. The van der Waals surface area contributed by atoms with E-state index in [-0.39, 0.29) is 25.7 Å². The lowest BCUT2D eigenvalue weighted by Gasteiger charge is -2.21. The van der Waals surface area contributed by atoms with Crippen molar-refractivity contribution in [3.63, 3.8) is 0 Å². The lowest BCUT2D eigenvalue weighted by molar-refractivity contribution is -0.161. The average molecular weight is 1490 g/mol. The predicted octanol–water partition coefficient (Wildman–Crippen LogP) is 23.0. The summed E-state index contributed by atoms with van der Waals surface area (Å²) < 4.78 is 68.4. The number of aliphatic hydroxyl groups is 1. The summed E-state index contributed by atoms with van der Waals surface area (Å²) in [6.07, 6.45) is 89.3. The predicted molar refractivity (Wildman–Crippen MR) is 426 cm³/mol. The highest BCUT2D eigenvalue weighted by Gasteiger charge is 2.30. The third-order valence-electron chi connectivity index (χ3n) is 15.7. The monoisotopic (exact) mass is 1490 g/mol. The molecule has 0 saturated carbocycles. The smallest absolute Gasteiger partial charge is 0.462 e. The molecule has 19 heteroatoms. The second kappa shape index (κ2) is 75.6. The number of ether oxygens (including phenoxy) is 4. The van der Waals surface area contributed by atoms with Crippen molar-refractivity contribution >= 4 is 39.5 Å². The molecule has 0 heterocycles. The fourth-order valence-electron chi connectivity index (χ4n) is 9.69. The van der Waals surface area contributed by atoms with Crippen molar-refractivity contribution in [2.75, 3.05) is 39.6 Å². The van der Waals surface area contributed by atoms with E-state index in [0.717, 1.165) is 167 Å². The average Bonchev–Trinajstić information content (AvgIpc) is 0.929. The molecule has 0 aliphatic heterocycles. The molecule has 0 fully saturated rings. The molecule has 590 valence electrons. The number of hydrogen-bond donors (Lipinski definition) is 3. The van der Waals surface area contributed by atoms with Crippen molar-refractivity contribution in [2.45, 2.75) is 303 Å². The van der Waals surface area contributed by atoms with Gasteiger partial charge in [0, 0.05) is 25.7 Å². The lowest BCUT2D eigenvalue weighted by atomic mass is 10.1. The SMILES string of the molecule is CC/C=C\C/C=C\C/C=C\C/C=C\C/C=C\C/C=C\CCC(=O)OCC(COP(=O)(O)OCC(O)COP(=O)(O)OCC(COC(=O)CCCCC/C=C\C/C=C\C/C=C\C/C=C\C/C=C\CC)OC(=O)CCCCCCC/C=C\CCCC)OC(=O)CCCCCCC/C=C\C/C=C\CCCCC. The Labute approximate surface area is 629 Å². The number of unbranched alkanes of at least 4 members (excludes halogenated alkanes) is 18. The molecule has 0 aliphatic carbocycles. The van der Waals surface area contributed by atoms with E-state index in [1.165, 1.54) is 32.1 Å². The molecule has 0 rings (SSSR count). The Morgan fingerprint density at radius 1 is 0.279 bits per heavy atom. The van der Waals surface area contributed by atoms with Crippen molar-refractivity contribution in [2.24, 2.45) is 0 Å². The minimum absolute atomic E-state index is 0.0271. The van der Waals surface area contributed by atoms with Crippen LogP contribution < -0.4 is 0 Å². The van der Waals surface area contributed by atoms with Crippen LogP contribution in [-0.4, -0.2) is 96.7 Å². The second-order valence-electron chi connectivity index (χ2n) is 25.5. The molecule has 0 spiro atoms. The van der Waals surface area contributed by atoms with E-state index in [4.69, 9.17) is 37.0 Å². The first kappa shape index (κ1) is 98.4. The Morgan fingerprint density at radius 2 is 0.529 bits per heavy atom. The number of carbonyl (C=O) groups excluding carboxylic acids is 4. The van der Waals surface area contributed by atoms with Gasteiger partial charge in [-0.2, -0.15) is 0 Å². The number of allylic oxidation sites excluding steroid dienone is 28. The van der Waals surface area contributed by atoms with Crippen molar-refractivity contribution in [3.8, 4) is 0 Å². The second-order valence-corrected chi connectivity index (χ2v) is 28.4. The van der Waals surface area contributed by atoms with Gasteiger partial charge in [-0.15, -0.1) is 0 Å². The summed E-state index contributed by atoms with van der Waals surface area (Å²) in [5.74, 6) is -2.35. The molecular weight excluding hydrogens is 1350 g/mol. The molecule has 0 aromatic rings. The van der Waals surface area contributed by atoms with Crippen LogP contribution in [0.3, 0.4) is 0 Å². The van der Waals surface area contributed by atoms with Gasteiger partial charge in [0.05, 0.1) is 26.4 Å². The van der Waals surface area contributed by atoms with Crippen LogP contribution in [0.1, 0.15) is 285 Å². The minimum Gasteiger partial charge on any atom is -0.462 e. The molecule has 0 amide bonds. The third kappa shape index (κ3) is 74.7. The van der Waals surface area contributed by atoms with Gasteiger partial charge in [-0.3, -0.25) is 37.3 Å². The maximum absolute atomic E-state index is 13.1. The highest BCUT2D eigenvalue weighted by Crippen LogP contribution is 2.45. The van der Waals surface area contributed by atoms with Crippen LogP contribution in [0, 0.1) is 0 Å². The molecule has 104 heavy (non-hydrogen) atoms. The van der Waals surface area contributed by atoms with Gasteiger partial charge in [0.15, 0.2) is 12.2 Å². The Morgan fingerprint density at radius 3 is 0.875 bits per heavy atom.